The van der Waals surface area contributed by atoms with E-state index in [0.29, 0.717) is 0 Å². The molecule has 0 aliphatic rings. The van der Waals surface area contributed by atoms with Crippen LogP contribution in [0.2, 0.25) is 0 Å². The summed E-state index contributed by atoms with van der Waals surface area (Å²) < 4.78 is 27.2. The molecular formula is C14H14F2N4O3. The van der Waals surface area contributed by atoms with E-state index in [2.05, 4.69) is 10.4 Å². The predicted molar refractivity (Wildman–Crippen MR) is 78.1 cm³/mol. The molecular weight excluding hydrogens is 310 g/mol. The number of halogens is 2. The van der Waals surface area contributed by atoms with Crippen LogP contribution >= 0.6 is 0 Å². The average molecular weight is 324 g/mol. The number of amides is 1. The summed E-state index contributed by atoms with van der Waals surface area (Å²) in [5, 5.41) is 17.4. The molecule has 0 bridgehead atoms. The topological polar surface area (TPSA) is 90.1 Å². The number of nitrogens with one attached hydrogen (secondary N) is 1. The summed E-state index contributed by atoms with van der Waals surface area (Å²) in [7, 11) is 0. The summed E-state index contributed by atoms with van der Waals surface area (Å²) in [5.74, 6) is -2.67. The molecule has 9 heteroatoms. The lowest BCUT2D eigenvalue weighted by Gasteiger charge is -2.14. The molecule has 0 radical (unpaired) electrons. The molecule has 23 heavy (non-hydrogen) atoms. The maximum Gasteiger partial charge on any atom is 0.312 e. The highest BCUT2D eigenvalue weighted by atomic mass is 19.2. The Morgan fingerprint density at radius 1 is 1.35 bits per heavy atom. The van der Waals surface area contributed by atoms with Crippen molar-refractivity contribution in [1.82, 2.24) is 9.78 Å². The van der Waals surface area contributed by atoms with Crippen molar-refractivity contribution < 1.29 is 18.5 Å². The minimum atomic E-state index is -1.09. The number of hydrogen-bond donors (Lipinski definition) is 1. The van der Waals surface area contributed by atoms with Gasteiger partial charge in [0.1, 0.15) is 17.4 Å². The van der Waals surface area contributed by atoms with Gasteiger partial charge in [-0.3, -0.25) is 19.6 Å². The van der Waals surface area contributed by atoms with Crippen LogP contribution in [0.15, 0.2) is 18.2 Å². The Morgan fingerprint density at radius 2 is 2.00 bits per heavy atom. The third kappa shape index (κ3) is 3.17. The molecule has 1 N–H and O–H groups in total. The Labute approximate surface area is 130 Å². The summed E-state index contributed by atoms with van der Waals surface area (Å²) in [6.07, 6.45) is 0. The molecule has 0 aliphatic carbocycles. The van der Waals surface area contributed by atoms with Crippen LogP contribution in [0.25, 0.3) is 0 Å². The number of aryl methyl sites for hydroxylation is 1. The first-order chi connectivity index (χ1) is 10.7. The van der Waals surface area contributed by atoms with Crippen molar-refractivity contribution in [2.24, 2.45) is 0 Å². The SMILES string of the molecule is Cc1nn(C(C)C(=O)Nc2ccc(F)c(F)c2)c(C)c1[N+](=O)[O-]. The fourth-order valence-corrected chi connectivity index (χ4v) is 2.23. The maximum absolute atomic E-state index is 13.1. The Morgan fingerprint density at radius 3 is 2.52 bits per heavy atom. The van der Waals surface area contributed by atoms with Crippen molar-refractivity contribution in [3.8, 4) is 0 Å². The molecule has 1 aromatic carbocycles. The zero-order chi connectivity index (χ0) is 17.3. The van der Waals surface area contributed by atoms with E-state index in [1.165, 1.54) is 31.5 Å². The van der Waals surface area contributed by atoms with Crippen molar-refractivity contribution in [2.45, 2.75) is 26.8 Å². The van der Waals surface area contributed by atoms with Gasteiger partial charge in [0.25, 0.3) is 0 Å². The van der Waals surface area contributed by atoms with Crippen LogP contribution in [-0.4, -0.2) is 20.6 Å². The number of aromatic nitrogens is 2. The Bertz CT molecular complexity index is 789. The number of carbonyl (C=O) groups is 1. The lowest BCUT2D eigenvalue weighted by atomic mass is 10.2. The van der Waals surface area contributed by atoms with Gasteiger partial charge in [-0.25, -0.2) is 8.78 Å². The van der Waals surface area contributed by atoms with Gasteiger partial charge in [0.05, 0.1) is 4.92 Å². The van der Waals surface area contributed by atoms with Gasteiger partial charge in [-0.1, -0.05) is 0 Å². The van der Waals surface area contributed by atoms with Crippen LogP contribution in [0.1, 0.15) is 24.4 Å². The van der Waals surface area contributed by atoms with Crippen LogP contribution in [0.5, 0.6) is 0 Å². The zero-order valence-corrected chi connectivity index (χ0v) is 12.6. The quantitative estimate of drug-likeness (QED) is 0.691. The van der Waals surface area contributed by atoms with Gasteiger partial charge in [-0.05, 0) is 32.9 Å². The molecule has 1 aromatic heterocycles. The normalized spacial score (nSPS) is 12.0. The Kier molecular flexibility index (Phi) is 4.39. The zero-order valence-electron chi connectivity index (χ0n) is 12.6. The molecule has 1 amide bonds. The number of hydrogen-bond acceptors (Lipinski definition) is 4. The largest absolute Gasteiger partial charge is 0.324 e. The second kappa shape index (κ2) is 6.11. The summed E-state index contributed by atoms with van der Waals surface area (Å²) in [4.78, 5) is 22.6. The molecule has 1 unspecified atom stereocenters. The van der Waals surface area contributed by atoms with Crippen molar-refractivity contribution in [3.63, 3.8) is 0 Å². The van der Waals surface area contributed by atoms with Gasteiger partial charge in [0.15, 0.2) is 11.6 Å². The molecule has 0 aliphatic heterocycles. The highest BCUT2D eigenvalue weighted by Gasteiger charge is 2.27. The molecule has 1 atom stereocenters. The number of carbonyl (C=O) groups excluding carboxylic acids is 1. The van der Waals surface area contributed by atoms with Crippen LogP contribution < -0.4 is 5.32 Å². The van der Waals surface area contributed by atoms with Crippen molar-refractivity contribution in [1.29, 1.82) is 0 Å². The summed E-state index contributed by atoms with van der Waals surface area (Å²) in [5.41, 5.74) is 0.356. The van der Waals surface area contributed by atoms with Crippen molar-refractivity contribution in [3.05, 3.63) is 51.3 Å². The molecule has 0 saturated carbocycles. The van der Waals surface area contributed by atoms with Crippen LogP contribution in [-0.2, 0) is 4.79 Å². The number of anilines is 1. The molecule has 2 aromatic rings. The number of benzene rings is 1. The van der Waals surface area contributed by atoms with E-state index in [9.17, 15) is 23.7 Å². The summed E-state index contributed by atoms with van der Waals surface area (Å²) >= 11 is 0. The Hall–Kier alpha value is -2.84. The number of nitro groups is 1. The second-order valence-corrected chi connectivity index (χ2v) is 5.02. The molecule has 0 saturated heterocycles. The summed E-state index contributed by atoms with van der Waals surface area (Å²) in [6, 6.07) is 2.09. The van der Waals surface area contributed by atoms with Crippen LogP contribution in [0.4, 0.5) is 20.2 Å². The van der Waals surface area contributed by atoms with Gasteiger partial charge < -0.3 is 5.32 Å². The third-order valence-corrected chi connectivity index (χ3v) is 3.40. The Balaban J connectivity index is 2.24. The smallest absolute Gasteiger partial charge is 0.312 e. The molecule has 7 nitrogen and oxygen atoms in total. The fraction of sp³-hybridized carbons (Fsp3) is 0.286. The predicted octanol–water partition coefficient (Wildman–Crippen LogP) is 2.89. The highest BCUT2D eigenvalue weighted by Crippen LogP contribution is 2.25. The molecule has 122 valence electrons. The van der Waals surface area contributed by atoms with Gasteiger partial charge in [-0.15, -0.1) is 0 Å². The minimum Gasteiger partial charge on any atom is -0.324 e. The average Bonchev–Trinajstić information content (AvgIpc) is 2.77. The van der Waals surface area contributed by atoms with Gasteiger partial charge in [0.2, 0.25) is 5.91 Å². The number of nitrogens with zero attached hydrogens (tertiary/aromatic N) is 3. The van der Waals surface area contributed by atoms with Crippen LogP contribution in [0, 0.1) is 35.6 Å². The van der Waals surface area contributed by atoms with E-state index in [1.54, 1.807) is 0 Å². The second-order valence-electron chi connectivity index (χ2n) is 5.02. The third-order valence-electron chi connectivity index (χ3n) is 3.40. The van der Waals surface area contributed by atoms with E-state index in [4.69, 9.17) is 0 Å². The molecule has 2 rings (SSSR count). The standard InChI is InChI=1S/C14H14F2N4O3/c1-7-13(20(22)23)8(2)19(18-7)9(3)14(21)17-10-4-5-11(15)12(16)6-10/h4-6,9H,1-3H3,(H,17,21). The lowest BCUT2D eigenvalue weighted by molar-refractivity contribution is -0.386. The van der Waals surface area contributed by atoms with E-state index in [0.717, 1.165) is 12.1 Å². The van der Waals surface area contributed by atoms with Crippen molar-refractivity contribution >= 4 is 17.3 Å². The molecule has 0 spiro atoms. The minimum absolute atomic E-state index is 0.0804. The molecule has 0 fully saturated rings. The van der Waals surface area contributed by atoms with Gasteiger partial charge in [0, 0.05) is 11.8 Å². The van der Waals surface area contributed by atoms with E-state index in [1.807, 2.05) is 0 Å². The molecule has 1 heterocycles. The van der Waals surface area contributed by atoms with E-state index >= 15 is 0 Å². The summed E-state index contributed by atoms with van der Waals surface area (Å²) in [6.45, 7) is 4.46. The maximum atomic E-state index is 13.1. The van der Waals surface area contributed by atoms with Gasteiger partial charge in [-0.2, -0.15) is 5.10 Å². The highest BCUT2D eigenvalue weighted by molar-refractivity contribution is 5.93. The fourth-order valence-electron chi connectivity index (χ4n) is 2.23. The number of rotatable bonds is 4. The van der Waals surface area contributed by atoms with E-state index < -0.39 is 28.5 Å². The van der Waals surface area contributed by atoms with Gasteiger partial charge >= 0.3 is 5.69 Å². The lowest BCUT2D eigenvalue weighted by Crippen LogP contribution is -2.25. The first-order valence-corrected chi connectivity index (χ1v) is 6.68. The first-order valence-electron chi connectivity index (χ1n) is 6.68. The van der Waals surface area contributed by atoms with Crippen LogP contribution in [0.3, 0.4) is 0 Å². The monoisotopic (exact) mass is 324 g/mol. The van der Waals surface area contributed by atoms with Crippen molar-refractivity contribution in [2.75, 3.05) is 5.32 Å². The van der Waals surface area contributed by atoms with E-state index in [-0.39, 0.29) is 22.8 Å². The first kappa shape index (κ1) is 16.5.